The molecule has 0 saturated heterocycles. The van der Waals surface area contributed by atoms with Crippen molar-refractivity contribution in [2.45, 2.75) is 13.0 Å². The standard InChI is InChI=1S/C13H13ClF2N2O2S/c1-19-11-4-8(2-3-10(11)20-7-12(15)16)17-5-9-6-18-13(14)21-9/h2-4,6,12,17H,5,7H2,1H3. The van der Waals surface area contributed by atoms with Crippen molar-refractivity contribution in [3.63, 3.8) is 0 Å². The molecule has 1 heterocycles. The van der Waals surface area contributed by atoms with E-state index >= 15 is 0 Å². The number of rotatable bonds is 7. The summed E-state index contributed by atoms with van der Waals surface area (Å²) in [6, 6.07) is 5.00. The molecule has 0 bridgehead atoms. The summed E-state index contributed by atoms with van der Waals surface area (Å²) in [5, 5.41) is 3.17. The second kappa shape index (κ2) is 7.42. The summed E-state index contributed by atoms with van der Waals surface area (Å²) in [5.74, 6) is 0.673. The lowest BCUT2D eigenvalue weighted by Crippen LogP contribution is -2.08. The molecule has 1 aromatic carbocycles. The average Bonchev–Trinajstić information content (AvgIpc) is 2.88. The van der Waals surface area contributed by atoms with E-state index in [9.17, 15) is 8.78 Å². The van der Waals surface area contributed by atoms with Crippen LogP contribution in [0.15, 0.2) is 24.4 Å². The number of methoxy groups -OCH3 is 1. The maximum Gasteiger partial charge on any atom is 0.272 e. The van der Waals surface area contributed by atoms with Crippen molar-refractivity contribution in [2.75, 3.05) is 19.0 Å². The van der Waals surface area contributed by atoms with Crippen LogP contribution in [-0.2, 0) is 6.54 Å². The Balaban J connectivity index is 2.00. The number of halogens is 3. The van der Waals surface area contributed by atoms with Gasteiger partial charge in [-0.3, -0.25) is 0 Å². The molecule has 0 aliphatic carbocycles. The van der Waals surface area contributed by atoms with E-state index in [1.807, 2.05) is 0 Å². The molecule has 4 nitrogen and oxygen atoms in total. The van der Waals surface area contributed by atoms with Gasteiger partial charge in [-0.15, -0.1) is 11.3 Å². The lowest BCUT2D eigenvalue weighted by molar-refractivity contribution is 0.0804. The van der Waals surface area contributed by atoms with Crippen LogP contribution < -0.4 is 14.8 Å². The van der Waals surface area contributed by atoms with Crippen LogP contribution in [0.2, 0.25) is 4.47 Å². The molecular weight excluding hydrogens is 322 g/mol. The zero-order valence-corrected chi connectivity index (χ0v) is 12.7. The molecule has 0 aliphatic heterocycles. The van der Waals surface area contributed by atoms with Crippen molar-refractivity contribution >= 4 is 28.6 Å². The molecule has 1 aromatic heterocycles. The van der Waals surface area contributed by atoms with E-state index in [0.29, 0.717) is 16.8 Å². The van der Waals surface area contributed by atoms with Gasteiger partial charge in [0.1, 0.15) is 6.61 Å². The molecular formula is C13H13ClF2N2O2S. The minimum absolute atomic E-state index is 0.282. The fourth-order valence-electron chi connectivity index (χ4n) is 1.60. The summed E-state index contributed by atoms with van der Waals surface area (Å²) >= 11 is 7.14. The number of aromatic nitrogens is 1. The Morgan fingerprint density at radius 3 is 2.81 bits per heavy atom. The molecule has 1 N–H and O–H groups in total. The Labute approximate surface area is 129 Å². The van der Waals surface area contributed by atoms with Gasteiger partial charge in [0, 0.05) is 22.8 Å². The smallest absolute Gasteiger partial charge is 0.272 e. The van der Waals surface area contributed by atoms with Crippen LogP contribution in [0.5, 0.6) is 11.5 Å². The summed E-state index contributed by atoms with van der Waals surface area (Å²) in [6.07, 6.45) is -0.833. The lowest BCUT2D eigenvalue weighted by atomic mass is 10.2. The van der Waals surface area contributed by atoms with Crippen molar-refractivity contribution < 1.29 is 18.3 Å². The number of ether oxygens (including phenoxy) is 2. The number of anilines is 1. The molecule has 114 valence electrons. The highest BCUT2D eigenvalue weighted by atomic mass is 35.5. The van der Waals surface area contributed by atoms with E-state index in [2.05, 4.69) is 10.3 Å². The van der Waals surface area contributed by atoms with Crippen LogP contribution in [0, 0.1) is 0 Å². The SMILES string of the molecule is COc1cc(NCc2cnc(Cl)s2)ccc1OCC(F)F. The topological polar surface area (TPSA) is 43.4 Å². The number of hydrogen-bond donors (Lipinski definition) is 1. The molecule has 8 heteroatoms. The summed E-state index contributed by atoms with van der Waals surface area (Å²) in [6.45, 7) is -0.104. The Morgan fingerprint density at radius 2 is 2.19 bits per heavy atom. The van der Waals surface area contributed by atoms with E-state index in [1.165, 1.54) is 18.4 Å². The molecule has 2 aromatic rings. The van der Waals surface area contributed by atoms with E-state index in [-0.39, 0.29) is 5.75 Å². The Hall–Kier alpha value is -1.60. The van der Waals surface area contributed by atoms with E-state index in [4.69, 9.17) is 21.1 Å². The Morgan fingerprint density at radius 1 is 1.38 bits per heavy atom. The first-order valence-electron chi connectivity index (χ1n) is 6.01. The van der Waals surface area contributed by atoms with Gasteiger partial charge in [0.05, 0.1) is 13.7 Å². The van der Waals surface area contributed by atoms with Crippen LogP contribution in [-0.4, -0.2) is 25.1 Å². The molecule has 0 unspecified atom stereocenters. The molecule has 0 saturated carbocycles. The van der Waals surface area contributed by atoms with E-state index in [1.54, 1.807) is 24.4 Å². The second-order valence-corrected chi connectivity index (χ2v) is 5.70. The number of alkyl halides is 2. The number of nitrogens with one attached hydrogen (secondary N) is 1. The second-order valence-electron chi connectivity index (χ2n) is 4.00. The lowest BCUT2D eigenvalue weighted by Gasteiger charge is -2.12. The molecule has 0 atom stereocenters. The molecule has 21 heavy (non-hydrogen) atoms. The van der Waals surface area contributed by atoms with Crippen molar-refractivity contribution in [2.24, 2.45) is 0 Å². The third-order valence-corrected chi connectivity index (χ3v) is 3.64. The molecule has 2 rings (SSSR count). The van der Waals surface area contributed by atoms with Gasteiger partial charge < -0.3 is 14.8 Å². The summed E-state index contributed by atoms with van der Waals surface area (Å²) < 4.78 is 34.9. The molecule has 0 radical (unpaired) electrons. The van der Waals surface area contributed by atoms with Gasteiger partial charge in [0.2, 0.25) is 0 Å². The Kier molecular flexibility index (Phi) is 5.58. The van der Waals surface area contributed by atoms with Gasteiger partial charge in [0.25, 0.3) is 6.43 Å². The number of hydrogen-bond acceptors (Lipinski definition) is 5. The third kappa shape index (κ3) is 4.71. The largest absolute Gasteiger partial charge is 0.493 e. The van der Waals surface area contributed by atoms with Gasteiger partial charge in [-0.1, -0.05) is 11.6 Å². The zero-order chi connectivity index (χ0) is 15.2. The minimum atomic E-state index is -2.52. The van der Waals surface area contributed by atoms with Crippen LogP contribution in [0.4, 0.5) is 14.5 Å². The first kappa shape index (κ1) is 15.8. The highest BCUT2D eigenvalue weighted by Gasteiger charge is 2.09. The molecule has 0 aliphatic rings. The molecule has 0 spiro atoms. The van der Waals surface area contributed by atoms with Crippen molar-refractivity contribution in [1.82, 2.24) is 4.98 Å². The highest BCUT2D eigenvalue weighted by Crippen LogP contribution is 2.31. The fraction of sp³-hybridized carbons (Fsp3) is 0.308. The highest BCUT2D eigenvalue weighted by molar-refractivity contribution is 7.15. The van der Waals surface area contributed by atoms with Crippen molar-refractivity contribution in [1.29, 1.82) is 0 Å². The predicted molar refractivity (Wildman–Crippen MR) is 78.9 cm³/mol. The quantitative estimate of drug-likeness (QED) is 0.829. The van der Waals surface area contributed by atoms with Crippen LogP contribution in [0.3, 0.4) is 0 Å². The van der Waals surface area contributed by atoms with Gasteiger partial charge in [-0.05, 0) is 12.1 Å². The van der Waals surface area contributed by atoms with Crippen LogP contribution in [0.25, 0.3) is 0 Å². The van der Waals surface area contributed by atoms with E-state index < -0.39 is 13.0 Å². The normalized spacial score (nSPS) is 10.7. The number of benzene rings is 1. The fourth-order valence-corrected chi connectivity index (χ4v) is 2.52. The van der Waals surface area contributed by atoms with Crippen LogP contribution in [0.1, 0.15) is 4.88 Å². The van der Waals surface area contributed by atoms with E-state index in [0.717, 1.165) is 10.6 Å². The first-order valence-corrected chi connectivity index (χ1v) is 7.21. The van der Waals surface area contributed by atoms with Crippen molar-refractivity contribution in [3.8, 4) is 11.5 Å². The predicted octanol–water partition coefficient (Wildman–Crippen LogP) is 4.06. The van der Waals surface area contributed by atoms with Gasteiger partial charge in [0.15, 0.2) is 16.0 Å². The van der Waals surface area contributed by atoms with Gasteiger partial charge >= 0.3 is 0 Å². The maximum absolute atomic E-state index is 12.2. The number of nitrogens with zero attached hydrogens (tertiary/aromatic N) is 1. The minimum Gasteiger partial charge on any atom is -0.493 e. The number of thiazole rings is 1. The zero-order valence-electron chi connectivity index (χ0n) is 11.1. The molecule has 0 fully saturated rings. The first-order chi connectivity index (χ1) is 10.1. The Bertz CT molecular complexity index is 595. The van der Waals surface area contributed by atoms with Gasteiger partial charge in [-0.2, -0.15) is 0 Å². The van der Waals surface area contributed by atoms with Gasteiger partial charge in [-0.25, -0.2) is 13.8 Å². The average molecular weight is 335 g/mol. The molecule has 0 amide bonds. The summed E-state index contributed by atoms with van der Waals surface area (Å²) in [4.78, 5) is 4.93. The third-order valence-electron chi connectivity index (χ3n) is 2.52. The maximum atomic E-state index is 12.2. The summed E-state index contributed by atoms with van der Waals surface area (Å²) in [7, 11) is 1.46. The summed E-state index contributed by atoms with van der Waals surface area (Å²) in [5.41, 5.74) is 0.778. The van der Waals surface area contributed by atoms with Crippen LogP contribution >= 0.6 is 22.9 Å². The monoisotopic (exact) mass is 334 g/mol. The van der Waals surface area contributed by atoms with Crippen molar-refractivity contribution in [3.05, 3.63) is 33.7 Å².